The maximum atomic E-state index is 12.3. The van der Waals surface area contributed by atoms with E-state index >= 15 is 0 Å². The number of esters is 1. The van der Waals surface area contributed by atoms with Crippen LogP contribution in [-0.2, 0) is 18.4 Å². The van der Waals surface area contributed by atoms with E-state index in [0.29, 0.717) is 17.4 Å². The number of ether oxygens (including phenoxy) is 1. The minimum atomic E-state index is -0.659. The molecule has 0 aliphatic heterocycles. The third kappa shape index (κ3) is 3.33. The second kappa shape index (κ2) is 6.68. The van der Waals surface area contributed by atoms with Crippen LogP contribution in [-0.4, -0.2) is 15.6 Å². The van der Waals surface area contributed by atoms with E-state index in [9.17, 15) is 14.7 Å². The van der Waals surface area contributed by atoms with Crippen LogP contribution in [0.25, 0.3) is 10.9 Å². The summed E-state index contributed by atoms with van der Waals surface area (Å²) >= 11 is 0. The summed E-state index contributed by atoms with van der Waals surface area (Å²) in [5, 5.41) is 14.0. The normalized spacial score (nSPS) is 10.6. The third-order valence-corrected chi connectivity index (χ3v) is 3.91. The molecule has 128 valence electrons. The van der Waals surface area contributed by atoms with E-state index in [1.807, 2.05) is 30.3 Å². The predicted molar refractivity (Wildman–Crippen MR) is 95.9 cm³/mol. The lowest BCUT2D eigenvalue weighted by molar-refractivity contribution is -0.132. The molecule has 3 rings (SSSR count). The Morgan fingerprint density at radius 1 is 1.20 bits per heavy atom. The smallest absolute Gasteiger partial charge is 0.308 e. The van der Waals surface area contributed by atoms with Crippen molar-refractivity contribution < 1.29 is 14.6 Å². The lowest BCUT2D eigenvalue weighted by Crippen LogP contribution is -2.21. The van der Waals surface area contributed by atoms with E-state index in [1.165, 1.54) is 11.5 Å². The molecule has 0 unspecified atom stereocenters. The molecular weight excluding hydrogens is 320 g/mol. The molecule has 0 bridgehead atoms. The summed E-state index contributed by atoms with van der Waals surface area (Å²) in [6.07, 6.45) is 0. The number of aromatic nitrogens is 1. The third-order valence-electron chi connectivity index (χ3n) is 3.91. The van der Waals surface area contributed by atoms with Crippen molar-refractivity contribution in [1.82, 2.24) is 4.57 Å². The number of benzene rings is 2. The summed E-state index contributed by atoms with van der Waals surface area (Å²) in [7, 11) is 1.57. The number of fused-ring (bicyclic) bond motifs is 1. The molecule has 0 radical (unpaired) electrons. The molecule has 0 atom stereocenters. The molecule has 0 amide bonds. The van der Waals surface area contributed by atoms with Crippen molar-refractivity contribution in [2.45, 2.75) is 13.5 Å². The van der Waals surface area contributed by atoms with Crippen LogP contribution in [0, 0.1) is 0 Å². The summed E-state index contributed by atoms with van der Waals surface area (Å²) in [4.78, 5) is 23.5. The van der Waals surface area contributed by atoms with Crippen molar-refractivity contribution in [2.75, 3.05) is 5.32 Å². The SMILES string of the molecule is CC(=O)Oc1c(O)c2ccc(NCc3ccccc3)cc2n(C)c1=O. The summed E-state index contributed by atoms with van der Waals surface area (Å²) in [5.74, 6) is -1.34. The van der Waals surface area contributed by atoms with Gasteiger partial charge in [0.05, 0.1) is 5.52 Å². The van der Waals surface area contributed by atoms with Crippen molar-refractivity contribution in [3.05, 3.63) is 64.4 Å². The highest BCUT2D eigenvalue weighted by Gasteiger charge is 2.17. The molecule has 6 nitrogen and oxygen atoms in total. The molecule has 0 aliphatic rings. The van der Waals surface area contributed by atoms with Gasteiger partial charge < -0.3 is 19.7 Å². The van der Waals surface area contributed by atoms with Crippen LogP contribution in [0.2, 0.25) is 0 Å². The van der Waals surface area contributed by atoms with Gasteiger partial charge in [0.1, 0.15) is 0 Å². The topological polar surface area (TPSA) is 80.6 Å². The number of anilines is 1. The highest BCUT2D eigenvalue weighted by molar-refractivity contribution is 5.90. The van der Waals surface area contributed by atoms with Gasteiger partial charge in [-0.15, -0.1) is 0 Å². The zero-order valence-corrected chi connectivity index (χ0v) is 13.9. The number of aromatic hydroxyl groups is 1. The highest BCUT2D eigenvalue weighted by atomic mass is 16.5. The molecule has 0 saturated carbocycles. The Bertz CT molecular complexity index is 994. The number of nitrogens with zero attached hydrogens (tertiary/aromatic N) is 1. The fourth-order valence-electron chi connectivity index (χ4n) is 2.64. The minimum Gasteiger partial charge on any atom is -0.504 e. The molecule has 0 fully saturated rings. The lowest BCUT2D eigenvalue weighted by atomic mass is 10.1. The summed E-state index contributed by atoms with van der Waals surface area (Å²) in [6.45, 7) is 1.82. The first-order valence-electron chi connectivity index (χ1n) is 7.79. The molecule has 0 spiro atoms. The number of pyridine rings is 1. The molecule has 1 aromatic heterocycles. The molecule has 1 heterocycles. The van der Waals surface area contributed by atoms with Crippen LogP contribution in [0.1, 0.15) is 12.5 Å². The van der Waals surface area contributed by atoms with Gasteiger partial charge in [-0.3, -0.25) is 9.59 Å². The average Bonchev–Trinajstić information content (AvgIpc) is 2.62. The number of rotatable bonds is 4. The van der Waals surface area contributed by atoms with E-state index in [2.05, 4.69) is 5.32 Å². The van der Waals surface area contributed by atoms with Gasteiger partial charge in [0.25, 0.3) is 5.56 Å². The molecular formula is C19H18N2O4. The fourth-order valence-corrected chi connectivity index (χ4v) is 2.64. The van der Waals surface area contributed by atoms with Gasteiger partial charge in [0, 0.05) is 31.6 Å². The molecule has 2 N–H and O–H groups in total. The number of nitrogens with one attached hydrogen (secondary N) is 1. The Hall–Kier alpha value is -3.28. The van der Waals surface area contributed by atoms with Gasteiger partial charge in [-0.2, -0.15) is 0 Å². The standard InChI is InChI=1S/C19H18N2O4/c1-12(22)25-18-17(23)15-9-8-14(10-16(15)21(2)19(18)24)20-11-13-6-4-3-5-7-13/h3-10,20,23H,11H2,1-2H3. The van der Waals surface area contributed by atoms with Crippen molar-refractivity contribution in [1.29, 1.82) is 0 Å². The Balaban J connectivity index is 1.99. The van der Waals surface area contributed by atoms with Gasteiger partial charge in [-0.1, -0.05) is 30.3 Å². The van der Waals surface area contributed by atoms with Crippen molar-refractivity contribution in [3.8, 4) is 11.5 Å². The van der Waals surface area contributed by atoms with Crippen LogP contribution in [0.5, 0.6) is 11.5 Å². The molecule has 25 heavy (non-hydrogen) atoms. The summed E-state index contributed by atoms with van der Waals surface area (Å²) in [5.41, 5.74) is 1.91. The van der Waals surface area contributed by atoms with E-state index in [-0.39, 0.29) is 11.5 Å². The first kappa shape index (κ1) is 16.6. The zero-order valence-electron chi connectivity index (χ0n) is 13.9. The second-order valence-corrected chi connectivity index (χ2v) is 5.71. The Morgan fingerprint density at radius 3 is 2.60 bits per heavy atom. The van der Waals surface area contributed by atoms with E-state index < -0.39 is 11.5 Å². The average molecular weight is 338 g/mol. The number of aryl methyl sites for hydroxylation is 1. The van der Waals surface area contributed by atoms with Crippen LogP contribution in [0.15, 0.2) is 53.3 Å². The molecule has 2 aromatic carbocycles. The molecule has 0 aliphatic carbocycles. The predicted octanol–water partition coefficient (Wildman–Crippen LogP) is 2.78. The Kier molecular flexibility index (Phi) is 4.43. The first-order chi connectivity index (χ1) is 12.0. The number of hydrogen-bond acceptors (Lipinski definition) is 5. The number of carbonyl (C=O) groups excluding carboxylic acids is 1. The van der Waals surface area contributed by atoms with Crippen LogP contribution < -0.4 is 15.6 Å². The quantitative estimate of drug-likeness (QED) is 0.715. The maximum absolute atomic E-state index is 12.3. The second-order valence-electron chi connectivity index (χ2n) is 5.71. The van der Waals surface area contributed by atoms with Crippen LogP contribution in [0.4, 0.5) is 5.69 Å². The van der Waals surface area contributed by atoms with Gasteiger partial charge in [-0.05, 0) is 23.8 Å². The molecule has 0 saturated heterocycles. The summed E-state index contributed by atoms with van der Waals surface area (Å²) in [6, 6.07) is 15.2. The van der Waals surface area contributed by atoms with Gasteiger partial charge in [0.2, 0.25) is 5.75 Å². The Labute approximate surface area is 144 Å². The maximum Gasteiger partial charge on any atom is 0.308 e. The van der Waals surface area contributed by atoms with Crippen LogP contribution in [0.3, 0.4) is 0 Å². The molecule has 3 aromatic rings. The largest absolute Gasteiger partial charge is 0.504 e. The Morgan fingerprint density at radius 2 is 1.92 bits per heavy atom. The van der Waals surface area contributed by atoms with Crippen molar-refractivity contribution in [3.63, 3.8) is 0 Å². The number of hydrogen-bond donors (Lipinski definition) is 2. The lowest BCUT2D eigenvalue weighted by Gasteiger charge is -2.13. The van der Waals surface area contributed by atoms with Gasteiger partial charge >= 0.3 is 5.97 Å². The van der Waals surface area contributed by atoms with Gasteiger partial charge in [-0.25, -0.2) is 0 Å². The van der Waals surface area contributed by atoms with E-state index in [4.69, 9.17) is 4.74 Å². The van der Waals surface area contributed by atoms with Crippen molar-refractivity contribution in [2.24, 2.45) is 7.05 Å². The first-order valence-corrected chi connectivity index (χ1v) is 7.79. The monoisotopic (exact) mass is 338 g/mol. The van der Waals surface area contributed by atoms with Crippen LogP contribution >= 0.6 is 0 Å². The zero-order chi connectivity index (χ0) is 18.0. The minimum absolute atomic E-state index is 0.331. The fraction of sp³-hybridized carbons (Fsp3) is 0.158. The molecule has 6 heteroatoms. The van der Waals surface area contributed by atoms with E-state index in [1.54, 1.807) is 25.2 Å². The van der Waals surface area contributed by atoms with E-state index in [0.717, 1.165) is 11.3 Å². The number of carbonyl (C=O) groups is 1. The van der Waals surface area contributed by atoms with Crippen molar-refractivity contribution >= 4 is 22.6 Å². The highest BCUT2D eigenvalue weighted by Crippen LogP contribution is 2.32. The summed E-state index contributed by atoms with van der Waals surface area (Å²) < 4.78 is 6.21. The van der Waals surface area contributed by atoms with Gasteiger partial charge in [0.15, 0.2) is 5.75 Å².